The molecule has 3 nitrogen and oxygen atoms in total. The van der Waals surface area contributed by atoms with Crippen LogP contribution in [-0.4, -0.2) is 24.7 Å². The minimum absolute atomic E-state index is 0.0872. The second-order valence-corrected chi connectivity index (χ2v) is 6.33. The lowest BCUT2D eigenvalue weighted by Gasteiger charge is -2.12. The molecule has 1 aliphatic rings. The molecule has 0 spiro atoms. The van der Waals surface area contributed by atoms with Gasteiger partial charge in [0.25, 0.3) is 0 Å². The van der Waals surface area contributed by atoms with Crippen molar-refractivity contribution in [3.05, 3.63) is 0 Å². The number of Topliss-reactive ketones (excluding diaryl/α,β-unsaturated/α-hetero) is 1. The van der Waals surface area contributed by atoms with E-state index in [0.717, 1.165) is 0 Å². The van der Waals surface area contributed by atoms with Crippen LogP contribution in [0.25, 0.3) is 0 Å². The summed E-state index contributed by atoms with van der Waals surface area (Å²) in [7, 11) is -3.03. The van der Waals surface area contributed by atoms with Gasteiger partial charge < -0.3 is 0 Å². The van der Waals surface area contributed by atoms with Crippen LogP contribution in [0.1, 0.15) is 33.1 Å². The van der Waals surface area contributed by atoms with E-state index in [1.807, 2.05) is 0 Å². The molecule has 0 aliphatic heterocycles. The Hall–Kier alpha value is -0.380. The molecule has 0 aromatic rings. The summed E-state index contributed by atoms with van der Waals surface area (Å²) < 4.78 is 23.1. The predicted octanol–water partition coefficient (Wildman–Crippen LogP) is 0.931. The molecule has 4 heteroatoms. The summed E-state index contributed by atoms with van der Waals surface area (Å²) in [6.07, 6.45) is 1.20. The number of ketones is 1. The fraction of sp³-hybridized carbons (Fsp3) is 0.875. The van der Waals surface area contributed by atoms with E-state index < -0.39 is 15.1 Å². The van der Waals surface area contributed by atoms with Gasteiger partial charge in [-0.2, -0.15) is 0 Å². The van der Waals surface area contributed by atoms with Crippen molar-refractivity contribution in [1.29, 1.82) is 0 Å². The largest absolute Gasteiger partial charge is 0.300 e. The smallest absolute Gasteiger partial charge is 0.155 e. The maximum Gasteiger partial charge on any atom is 0.155 e. The Balaban J connectivity index is 2.78. The van der Waals surface area contributed by atoms with Crippen molar-refractivity contribution in [3.8, 4) is 0 Å². The van der Waals surface area contributed by atoms with Gasteiger partial charge in [-0.25, -0.2) is 8.42 Å². The summed E-state index contributed by atoms with van der Waals surface area (Å²) in [6.45, 7) is 3.33. The molecular formula is C8H14O3S. The zero-order valence-corrected chi connectivity index (χ0v) is 8.23. The summed E-state index contributed by atoms with van der Waals surface area (Å²) in [5, 5.41) is -0.751. The second kappa shape index (κ2) is 3.17. The van der Waals surface area contributed by atoms with Crippen LogP contribution < -0.4 is 0 Å². The van der Waals surface area contributed by atoms with Crippen molar-refractivity contribution in [1.82, 2.24) is 0 Å². The Kier molecular flexibility index (Phi) is 2.56. The lowest BCUT2D eigenvalue weighted by Crippen LogP contribution is -2.26. The molecule has 70 valence electrons. The molecule has 1 aliphatic carbocycles. The number of rotatable bonds is 2. The van der Waals surface area contributed by atoms with Crippen LogP contribution in [0, 0.1) is 0 Å². The average Bonchev–Trinajstić information content (AvgIpc) is 2.35. The van der Waals surface area contributed by atoms with Crippen LogP contribution in [0.15, 0.2) is 0 Å². The molecule has 0 aromatic carbocycles. The minimum atomic E-state index is -3.03. The maximum atomic E-state index is 11.5. The van der Waals surface area contributed by atoms with E-state index in [1.165, 1.54) is 0 Å². The molecule has 1 fully saturated rings. The second-order valence-electron chi connectivity index (χ2n) is 3.54. The van der Waals surface area contributed by atoms with Crippen molar-refractivity contribution in [2.24, 2.45) is 0 Å². The Bertz CT molecular complexity index is 277. The molecule has 0 aromatic heterocycles. The fourth-order valence-corrected chi connectivity index (χ4v) is 3.08. The molecule has 0 radical (unpaired) electrons. The summed E-state index contributed by atoms with van der Waals surface area (Å²) >= 11 is 0. The Labute approximate surface area is 73.1 Å². The van der Waals surface area contributed by atoms with Gasteiger partial charge in [-0.15, -0.1) is 0 Å². The summed E-state index contributed by atoms with van der Waals surface area (Å²) in [4.78, 5) is 10.9. The van der Waals surface area contributed by atoms with E-state index in [1.54, 1.807) is 13.8 Å². The molecule has 0 saturated heterocycles. The topological polar surface area (TPSA) is 51.2 Å². The molecule has 12 heavy (non-hydrogen) atoms. The van der Waals surface area contributed by atoms with Crippen molar-refractivity contribution in [3.63, 3.8) is 0 Å². The van der Waals surface area contributed by atoms with Gasteiger partial charge in [0.2, 0.25) is 0 Å². The standard InChI is InChI=1S/C8H14O3S/c1-6(2)12(10,11)8-4-3-7(9)5-8/h6,8H,3-5H2,1-2H3. The van der Waals surface area contributed by atoms with Crippen LogP contribution in [-0.2, 0) is 14.6 Å². The van der Waals surface area contributed by atoms with Gasteiger partial charge in [-0.3, -0.25) is 4.79 Å². The van der Waals surface area contributed by atoms with E-state index >= 15 is 0 Å². The fourth-order valence-electron chi connectivity index (χ4n) is 1.45. The molecule has 0 N–H and O–H groups in total. The van der Waals surface area contributed by atoms with E-state index in [2.05, 4.69) is 0 Å². The first-order valence-corrected chi connectivity index (χ1v) is 5.80. The van der Waals surface area contributed by atoms with Crippen LogP contribution >= 0.6 is 0 Å². The first-order chi connectivity index (χ1) is 5.44. The van der Waals surface area contributed by atoms with E-state index in [4.69, 9.17) is 0 Å². The molecule has 0 heterocycles. The summed E-state index contributed by atoms with van der Waals surface area (Å²) in [5.41, 5.74) is 0. The van der Waals surface area contributed by atoms with Crippen molar-refractivity contribution in [2.75, 3.05) is 0 Å². The normalized spacial score (nSPS) is 25.2. The third-order valence-corrected chi connectivity index (χ3v) is 4.97. The monoisotopic (exact) mass is 190 g/mol. The van der Waals surface area contributed by atoms with E-state index in [9.17, 15) is 13.2 Å². The third-order valence-electron chi connectivity index (χ3n) is 2.32. The molecule has 1 saturated carbocycles. The Morgan fingerprint density at radius 2 is 2.00 bits per heavy atom. The predicted molar refractivity (Wildman–Crippen MR) is 46.7 cm³/mol. The highest BCUT2D eigenvalue weighted by Crippen LogP contribution is 2.24. The SMILES string of the molecule is CC(C)S(=O)(=O)C1CCC(=O)C1. The highest BCUT2D eigenvalue weighted by atomic mass is 32.2. The van der Waals surface area contributed by atoms with Gasteiger partial charge in [-0.05, 0) is 20.3 Å². The zero-order chi connectivity index (χ0) is 9.35. The Morgan fingerprint density at radius 1 is 1.42 bits per heavy atom. The first-order valence-electron chi connectivity index (χ1n) is 4.19. The molecule has 1 atom stereocenters. The van der Waals surface area contributed by atoms with Crippen LogP contribution in [0.4, 0.5) is 0 Å². The lowest BCUT2D eigenvalue weighted by atomic mass is 10.4. The van der Waals surface area contributed by atoms with Crippen molar-refractivity contribution in [2.45, 2.75) is 43.6 Å². The summed E-state index contributed by atoms with van der Waals surface area (Å²) in [5.74, 6) is 0.0872. The number of carbonyl (C=O) groups excluding carboxylic acids is 1. The molecule has 1 rings (SSSR count). The van der Waals surface area contributed by atoms with Gasteiger partial charge in [-0.1, -0.05) is 0 Å². The molecule has 0 amide bonds. The highest BCUT2D eigenvalue weighted by Gasteiger charge is 2.34. The van der Waals surface area contributed by atoms with Crippen LogP contribution in [0.3, 0.4) is 0 Å². The Morgan fingerprint density at radius 3 is 2.33 bits per heavy atom. The van der Waals surface area contributed by atoms with Crippen LogP contribution in [0.2, 0.25) is 0 Å². The lowest BCUT2D eigenvalue weighted by molar-refractivity contribution is -0.117. The number of hydrogen-bond donors (Lipinski definition) is 0. The summed E-state index contributed by atoms with van der Waals surface area (Å²) in [6, 6.07) is 0. The van der Waals surface area contributed by atoms with E-state index in [-0.39, 0.29) is 17.5 Å². The maximum absolute atomic E-state index is 11.5. The zero-order valence-electron chi connectivity index (χ0n) is 7.41. The number of hydrogen-bond acceptors (Lipinski definition) is 3. The highest BCUT2D eigenvalue weighted by molar-refractivity contribution is 7.92. The molecule has 0 bridgehead atoms. The van der Waals surface area contributed by atoms with Gasteiger partial charge in [0, 0.05) is 12.8 Å². The van der Waals surface area contributed by atoms with Gasteiger partial charge >= 0.3 is 0 Å². The minimum Gasteiger partial charge on any atom is -0.300 e. The van der Waals surface area contributed by atoms with E-state index in [0.29, 0.717) is 12.8 Å². The van der Waals surface area contributed by atoms with Gasteiger partial charge in [0.05, 0.1) is 10.5 Å². The molecule has 1 unspecified atom stereocenters. The number of sulfone groups is 1. The van der Waals surface area contributed by atoms with Crippen LogP contribution in [0.5, 0.6) is 0 Å². The van der Waals surface area contributed by atoms with Gasteiger partial charge in [0.15, 0.2) is 9.84 Å². The average molecular weight is 190 g/mol. The molecular weight excluding hydrogens is 176 g/mol. The van der Waals surface area contributed by atoms with Gasteiger partial charge in [0.1, 0.15) is 5.78 Å². The first kappa shape index (κ1) is 9.71. The quantitative estimate of drug-likeness (QED) is 0.651. The third kappa shape index (κ3) is 1.68. The van der Waals surface area contributed by atoms with Crippen molar-refractivity contribution < 1.29 is 13.2 Å². The number of carbonyl (C=O) groups is 1. The van der Waals surface area contributed by atoms with Crippen molar-refractivity contribution >= 4 is 15.6 Å².